The first kappa shape index (κ1) is 6.88. The van der Waals surface area contributed by atoms with Gasteiger partial charge in [-0.15, -0.1) is 6.42 Å². The molecular weight excluding hydrogens is 126 g/mol. The number of carbonyl (C=O) groups excluding carboxylic acids is 1. The highest BCUT2D eigenvalue weighted by Crippen LogP contribution is 1.99. The Labute approximate surface area is 60.5 Å². The van der Waals surface area contributed by atoms with Crippen molar-refractivity contribution in [2.45, 2.75) is 6.42 Å². The van der Waals surface area contributed by atoms with Gasteiger partial charge >= 0.3 is 0 Å². The van der Waals surface area contributed by atoms with E-state index in [0.717, 1.165) is 13.0 Å². The smallest absolute Gasteiger partial charge is 0.298 e. The second-order valence-electron chi connectivity index (χ2n) is 2.16. The summed E-state index contributed by atoms with van der Waals surface area (Å²) in [7, 11) is 0. The van der Waals surface area contributed by atoms with E-state index in [9.17, 15) is 4.79 Å². The van der Waals surface area contributed by atoms with Crippen molar-refractivity contribution >= 4 is 5.91 Å². The van der Waals surface area contributed by atoms with Crippen LogP contribution < -0.4 is 0 Å². The van der Waals surface area contributed by atoms with Gasteiger partial charge in [0.25, 0.3) is 5.91 Å². The highest BCUT2D eigenvalue weighted by Gasteiger charge is 2.09. The Kier molecular flexibility index (Phi) is 2.11. The van der Waals surface area contributed by atoms with Gasteiger partial charge in [-0.1, -0.05) is 12.2 Å². The minimum absolute atomic E-state index is 0.204. The van der Waals surface area contributed by atoms with Crippen molar-refractivity contribution in [3.05, 3.63) is 12.2 Å². The van der Waals surface area contributed by atoms with Gasteiger partial charge in [-0.05, 0) is 12.3 Å². The number of terminal acetylenes is 1. The minimum Gasteiger partial charge on any atom is -0.328 e. The Bertz CT molecular complexity index is 200. The van der Waals surface area contributed by atoms with Crippen LogP contribution >= 0.6 is 0 Å². The van der Waals surface area contributed by atoms with Gasteiger partial charge in [0.05, 0.1) is 0 Å². The second-order valence-corrected chi connectivity index (χ2v) is 2.16. The van der Waals surface area contributed by atoms with E-state index < -0.39 is 0 Å². The van der Waals surface area contributed by atoms with Crippen molar-refractivity contribution < 1.29 is 4.79 Å². The number of amides is 1. The van der Waals surface area contributed by atoms with Crippen molar-refractivity contribution in [3.63, 3.8) is 0 Å². The molecule has 1 rings (SSSR count). The van der Waals surface area contributed by atoms with Crippen LogP contribution in [-0.4, -0.2) is 23.9 Å². The zero-order valence-electron chi connectivity index (χ0n) is 5.71. The molecular formula is C8H9NO. The number of nitrogens with zero attached hydrogens (tertiary/aromatic N) is 1. The van der Waals surface area contributed by atoms with Crippen molar-refractivity contribution in [2.75, 3.05) is 13.1 Å². The molecule has 0 aromatic rings. The van der Waals surface area contributed by atoms with Gasteiger partial charge in [0.2, 0.25) is 0 Å². The number of hydrogen-bond donors (Lipinski definition) is 0. The third-order valence-electron chi connectivity index (χ3n) is 1.47. The van der Waals surface area contributed by atoms with Crippen molar-refractivity contribution in [1.82, 2.24) is 4.90 Å². The van der Waals surface area contributed by atoms with Crippen LogP contribution in [0.3, 0.4) is 0 Å². The van der Waals surface area contributed by atoms with Gasteiger partial charge in [-0.2, -0.15) is 0 Å². The fraction of sp³-hybridized carbons (Fsp3) is 0.375. The Morgan fingerprint density at radius 3 is 2.90 bits per heavy atom. The third kappa shape index (κ3) is 1.38. The van der Waals surface area contributed by atoms with E-state index in [1.165, 1.54) is 0 Å². The summed E-state index contributed by atoms with van der Waals surface area (Å²) < 4.78 is 0. The predicted molar refractivity (Wildman–Crippen MR) is 39.2 cm³/mol. The molecule has 0 aromatic carbocycles. The molecule has 0 saturated carbocycles. The van der Waals surface area contributed by atoms with Crippen LogP contribution in [-0.2, 0) is 4.79 Å². The van der Waals surface area contributed by atoms with E-state index >= 15 is 0 Å². The Morgan fingerprint density at radius 1 is 1.60 bits per heavy atom. The van der Waals surface area contributed by atoms with E-state index in [1.807, 2.05) is 6.08 Å². The highest BCUT2D eigenvalue weighted by molar-refractivity contribution is 5.93. The first-order valence-electron chi connectivity index (χ1n) is 3.25. The maximum Gasteiger partial charge on any atom is 0.298 e. The van der Waals surface area contributed by atoms with Crippen LogP contribution in [0.25, 0.3) is 0 Å². The van der Waals surface area contributed by atoms with Gasteiger partial charge in [-0.3, -0.25) is 4.79 Å². The SMILES string of the molecule is C#CC(=O)N1CC=CCC1. The Morgan fingerprint density at radius 2 is 2.40 bits per heavy atom. The first-order valence-corrected chi connectivity index (χ1v) is 3.25. The average Bonchev–Trinajstić information content (AvgIpc) is 2.05. The molecule has 0 fully saturated rings. The second kappa shape index (κ2) is 3.07. The van der Waals surface area contributed by atoms with E-state index in [0.29, 0.717) is 6.54 Å². The monoisotopic (exact) mass is 135 g/mol. The molecule has 2 nitrogen and oxygen atoms in total. The maximum absolute atomic E-state index is 10.8. The molecule has 0 spiro atoms. The topological polar surface area (TPSA) is 20.3 Å². The molecule has 0 radical (unpaired) electrons. The van der Waals surface area contributed by atoms with E-state index in [1.54, 1.807) is 4.90 Å². The molecule has 1 aliphatic heterocycles. The van der Waals surface area contributed by atoms with Crippen LogP contribution in [0.2, 0.25) is 0 Å². The molecule has 0 bridgehead atoms. The lowest BCUT2D eigenvalue weighted by Gasteiger charge is -2.20. The zero-order valence-corrected chi connectivity index (χ0v) is 5.71. The molecule has 1 heterocycles. The van der Waals surface area contributed by atoms with Crippen LogP contribution in [0.1, 0.15) is 6.42 Å². The summed E-state index contributed by atoms with van der Waals surface area (Å²) >= 11 is 0. The molecule has 0 unspecified atom stereocenters. The summed E-state index contributed by atoms with van der Waals surface area (Å²) in [6, 6.07) is 0. The molecule has 0 saturated heterocycles. The van der Waals surface area contributed by atoms with Crippen LogP contribution in [0.5, 0.6) is 0 Å². The molecule has 0 aromatic heterocycles. The van der Waals surface area contributed by atoms with Crippen molar-refractivity contribution in [2.24, 2.45) is 0 Å². The lowest BCUT2D eigenvalue weighted by molar-refractivity contribution is -0.124. The fourth-order valence-electron chi connectivity index (χ4n) is 0.917. The molecule has 0 atom stereocenters. The Balaban J connectivity index is 2.51. The molecule has 0 N–H and O–H groups in total. The zero-order chi connectivity index (χ0) is 7.40. The van der Waals surface area contributed by atoms with Crippen LogP contribution in [0.15, 0.2) is 12.2 Å². The minimum atomic E-state index is -0.204. The number of carbonyl (C=O) groups is 1. The summed E-state index contributed by atoms with van der Waals surface area (Å²) in [5.74, 6) is 1.88. The van der Waals surface area contributed by atoms with Gasteiger partial charge in [0.15, 0.2) is 0 Å². The van der Waals surface area contributed by atoms with E-state index in [2.05, 4.69) is 12.0 Å². The lowest BCUT2D eigenvalue weighted by Crippen LogP contribution is -2.32. The maximum atomic E-state index is 10.8. The summed E-state index contributed by atoms with van der Waals surface area (Å²) in [4.78, 5) is 12.5. The highest BCUT2D eigenvalue weighted by atomic mass is 16.2. The summed E-state index contributed by atoms with van der Waals surface area (Å²) in [5, 5.41) is 0. The molecule has 2 heteroatoms. The normalized spacial score (nSPS) is 16.5. The summed E-state index contributed by atoms with van der Waals surface area (Å²) in [6.07, 6.45) is 9.87. The molecule has 1 aliphatic rings. The number of rotatable bonds is 0. The molecule has 52 valence electrons. The van der Waals surface area contributed by atoms with Gasteiger partial charge in [0, 0.05) is 13.1 Å². The van der Waals surface area contributed by atoms with E-state index in [4.69, 9.17) is 6.42 Å². The molecule has 0 aliphatic carbocycles. The average molecular weight is 135 g/mol. The van der Waals surface area contributed by atoms with Crippen molar-refractivity contribution in [1.29, 1.82) is 0 Å². The lowest BCUT2D eigenvalue weighted by atomic mass is 10.2. The summed E-state index contributed by atoms with van der Waals surface area (Å²) in [5.41, 5.74) is 0. The molecule has 10 heavy (non-hydrogen) atoms. The van der Waals surface area contributed by atoms with Gasteiger partial charge < -0.3 is 4.90 Å². The van der Waals surface area contributed by atoms with Crippen LogP contribution in [0.4, 0.5) is 0 Å². The third-order valence-corrected chi connectivity index (χ3v) is 1.47. The quantitative estimate of drug-likeness (QED) is 0.348. The van der Waals surface area contributed by atoms with Gasteiger partial charge in [0.1, 0.15) is 0 Å². The van der Waals surface area contributed by atoms with Crippen LogP contribution in [0, 0.1) is 12.3 Å². The predicted octanol–water partition coefficient (Wildman–Crippen LogP) is 0.408. The fourth-order valence-corrected chi connectivity index (χ4v) is 0.917. The van der Waals surface area contributed by atoms with Crippen molar-refractivity contribution in [3.8, 4) is 12.3 Å². The molecule has 1 amide bonds. The Hall–Kier alpha value is -1.23. The standard InChI is InChI=1S/C8H9NO/c1-2-8(10)9-6-4-3-5-7-9/h1,3-4H,5-7H2. The summed E-state index contributed by atoms with van der Waals surface area (Å²) in [6.45, 7) is 1.43. The van der Waals surface area contributed by atoms with Gasteiger partial charge in [-0.25, -0.2) is 0 Å². The van der Waals surface area contributed by atoms with E-state index in [-0.39, 0.29) is 5.91 Å². The first-order chi connectivity index (χ1) is 4.84. The largest absolute Gasteiger partial charge is 0.328 e. The number of hydrogen-bond acceptors (Lipinski definition) is 1.